The third kappa shape index (κ3) is 2.63. The third-order valence-corrected chi connectivity index (χ3v) is 4.32. The highest BCUT2D eigenvalue weighted by molar-refractivity contribution is 7.99. The van der Waals surface area contributed by atoms with E-state index < -0.39 is 0 Å². The molecule has 1 fully saturated rings. The Morgan fingerprint density at radius 2 is 2.39 bits per heavy atom. The second-order valence-electron chi connectivity index (χ2n) is 4.53. The number of hydrogen-bond donors (Lipinski definition) is 1. The second kappa shape index (κ2) is 6.12. The van der Waals surface area contributed by atoms with Crippen LogP contribution in [-0.4, -0.2) is 25.4 Å². The van der Waals surface area contributed by atoms with Gasteiger partial charge in [-0.3, -0.25) is 0 Å². The minimum absolute atomic E-state index is 0.569. The zero-order chi connectivity index (χ0) is 13.0. The van der Waals surface area contributed by atoms with Crippen molar-refractivity contribution < 1.29 is 0 Å². The average Bonchev–Trinajstić information content (AvgIpc) is 2.87. The summed E-state index contributed by atoms with van der Waals surface area (Å²) in [6.45, 7) is 4.84. The van der Waals surface area contributed by atoms with E-state index >= 15 is 0 Å². The second-order valence-corrected chi connectivity index (χ2v) is 5.84. The third-order valence-electron chi connectivity index (χ3n) is 3.38. The van der Waals surface area contributed by atoms with Crippen LogP contribution in [0.5, 0.6) is 0 Å². The first kappa shape index (κ1) is 13.3. The minimum Gasteiger partial charge on any atom is -0.370 e. The molecule has 3 nitrogen and oxygen atoms in total. The van der Waals surface area contributed by atoms with Crippen LogP contribution in [0.3, 0.4) is 0 Å². The van der Waals surface area contributed by atoms with Crippen LogP contribution in [0, 0.1) is 17.2 Å². The Balaban J connectivity index is 2.28. The zero-order valence-corrected chi connectivity index (χ0v) is 11.5. The molecular formula is C14H19N3S. The summed E-state index contributed by atoms with van der Waals surface area (Å²) in [6.07, 6.45) is 1.13. The van der Waals surface area contributed by atoms with Crippen molar-refractivity contribution in [3.63, 3.8) is 0 Å². The van der Waals surface area contributed by atoms with Gasteiger partial charge in [0.05, 0.1) is 11.3 Å². The molecule has 96 valence electrons. The van der Waals surface area contributed by atoms with Gasteiger partial charge in [0.25, 0.3) is 0 Å². The van der Waals surface area contributed by atoms with Crippen molar-refractivity contribution in [1.82, 2.24) is 0 Å². The van der Waals surface area contributed by atoms with Gasteiger partial charge in [0, 0.05) is 18.0 Å². The first-order valence-electron chi connectivity index (χ1n) is 6.41. The summed E-state index contributed by atoms with van der Waals surface area (Å²) in [6, 6.07) is 8.50. The van der Waals surface area contributed by atoms with Gasteiger partial charge in [-0.1, -0.05) is 13.0 Å². The standard InChI is InChI=1S/C14H19N3S/c1-2-18-14-5-3-4-13(12(14)9-16)17-7-6-11(8-15)10-17/h3-5,11H,2,6-8,10,15H2,1H3. The summed E-state index contributed by atoms with van der Waals surface area (Å²) in [4.78, 5) is 3.39. The van der Waals surface area contributed by atoms with Gasteiger partial charge in [-0.2, -0.15) is 5.26 Å². The number of nitriles is 1. The van der Waals surface area contributed by atoms with Crippen LogP contribution in [0.2, 0.25) is 0 Å². The molecule has 1 aromatic rings. The summed E-state index contributed by atoms with van der Waals surface area (Å²) < 4.78 is 0. The molecule has 0 saturated carbocycles. The van der Waals surface area contributed by atoms with Crippen LogP contribution in [0.4, 0.5) is 5.69 Å². The number of nitrogens with zero attached hydrogens (tertiary/aromatic N) is 2. The molecule has 1 heterocycles. The molecule has 0 radical (unpaired) electrons. The molecule has 0 spiro atoms. The fraction of sp³-hybridized carbons (Fsp3) is 0.500. The molecule has 1 aliphatic heterocycles. The lowest BCUT2D eigenvalue weighted by atomic mass is 10.1. The number of anilines is 1. The Hall–Kier alpha value is -1.18. The van der Waals surface area contributed by atoms with Crippen LogP contribution in [0.25, 0.3) is 0 Å². The maximum Gasteiger partial charge on any atom is 0.103 e. The average molecular weight is 261 g/mol. The van der Waals surface area contributed by atoms with Crippen LogP contribution in [0.1, 0.15) is 18.9 Å². The normalized spacial score (nSPS) is 18.9. The van der Waals surface area contributed by atoms with Gasteiger partial charge >= 0.3 is 0 Å². The van der Waals surface area contributed by atoms with Crippen molar-refractivity contribution in [3.05, 3.63) is 23.8 Å². The van der Waals surface area contributed by atoms with E-state index in [1.54, 1.807) is 11.8 Å². The maximum atomic E-state index is 9.39. The van der Waals surface area contributed by atoms with Gasteiger partial charge < -0.3 is 10.6 Å². The van der Waals surface area contributed by atoms with Crippen molar-refractivity contribution in [2.75, 3.05) is 30.3 Å². The lowest BCUT2D eigenvalue weighted by molar-refractivity contribution is 0.602. The zero-order valence-electron chi connectivity index (χ0n) is 10.7. The van der Waals surface area contributed by atoms with Gasteiger partial charge in [0.1, 0.15) is 6.07 Å². The van der Waals surface area contributed by atoms with Gasteiger partial charge in [-0.05, 0) is 36.8 Å². The fourth-order valence-electron chi connectivity index (χ4n) is 2.42. The largest absolute Gasteiger partial charge is 0.370 e. The first-order valence-corrected chi connectivity index (χ1v) is 7.39. The molecule has 0 amide bonds. The lowest BCUT2D eigenvalue weighted by Gasteiger charge is -2.21. The van der Waals surface area contributed by atoms with Gasteiger partial charge in [-0.25, -0.2) is 0 Å². The van der Waals surface area contributed by atoms with E-state index in [1.807, 2.05) is 12.1 Å². The predicted octanol–water partition coefficient (Wildman–Crippen LogP) is 2.46. The van der Waals surface area contributed by atoms with Gasteiger partial charge in [0.2, 0.25) is 0 Å². The Morgan fingerprint density at radius 1 is 1.56 bits per heavy atom. The van der Waals surface area contributed by atoms with Crippen molar-refractivity contribution in [2.24, 2.45) is 11.7 Å². The summed E-state index contributed by atoms with van der Waals surface area (Å²) in [7, 11) is 0. The molecule has 1 aliphatic rings. The van der Waals surface area contributed by atoms with Crippen molar-refractivity contribution in [1.29, 1.82) is 5.26 Å². The van der Waals surface area contributed by atoms with E-state index in [-0.39, 0.29) is 0 Å². The van der Waals surface area contributed by atoms with Crippen molar-refractivity contribution >= 4 is 17.4 Å². The Morgan fingerprint density at radius 3 is 3.00 bits per heavy atom. The molecule has 0 bridgehead atoms. The van der Waals surface area contributed by atoms with Crippen LogP contribution >= 0.6 is 11.8 Å². The van der Waals surface area contributed by atoms with E-state index in [1.165, 1.54) is 0 Å². The Kier molecular flexibility index (Phi) is 4.51. The van der Waals surface area contributed by atoms with Crippen molar-refractivity contribution in [3.8, 4) is 6.07 Å². The van der Waals surface area contributed by atoms with E-state index in [2.05, 4.69) is 24.0 Å². The quantitative estimate of drug-likeness (QED) is 0.846. The first-order chi connectivity index (χ1) is 8.80. The van der Waals surface area contributed by atoms with Crippen LogP contribution < -0.4 is 10.6 Å². The molecule has 1 aromatic carbocycles. The van der Waals surface area contributed by atoms with E-state index in [4.69, 9.17) is 5.73 Å². The number of thioether (sulfide) groups is 1. The monoisotopic (exact) mass is 261 g/mol. The molecular weight excluding hydrogens is 242 g/mol. The van der Waals surface area contributed by atoms with E-state index in [0.717, 1.165) is 48.0 Å². The number of hydrogen-bond acceptors (Lipinski definition) is 4. The number of benzene rings is 1. The molecule has 2 N–H and O–H groups in total. The highest BCUT2D eigenvalue weighted by atomic mass is 32.2. The molecule has 1 atom stereocenters. The van der Waals surface area contributed by atoms with Crippen LogP contribution in [-0.2, 0) is 0 Å². The minimum atomic E-state index is 0.569. The number of nitrogens with two attached hydrogens (primary N) is 1. The summed E-state index contributed by atoms with van der Waals surface area (Å²) in [5, 5.41) is 9.39. The fourth-order valence-corrected chi connectivity index (χ4v) is 3.20. The molecule has 2 rings (SSSR count). The highest BCUT2D eigenvalue weighted by Gasteiger charge is 2.24. The smallest absolute Gasteiger partial charge is 0.103 e. The Labute approximate surface area is 113 Å². The molecule has 4 heteroatoms. The molecule has 1 unspecified atom stereocenters. The van der Waals surface area contributed by atoms with Crippen molar-refractivity contribution in [2.45, 2.75) is 18.2 Å². The van der Waals surface area contributed by atoms with E-state index in [9.17, 15) is 5.26 Å². The number of rotatable bonds is 4. The highest BCUT2D eigenvalue weighted by Crippen LogP contribution is 2.32. The molecule has 0 aliphatic carbocycles. The van der Waals surface area contributed by atoms with E-state index in [0.29, 0.717) is 5.92 Å². The topological polar surface area (TPSA) is 53.0 Å². The van der Waals surface area contributed by atoms with Gasteiger partial charge in [0.15, 0.2) is 0 Å². The SMILES string of the molecule is CCSc1cccc(N2CCC(CN)C2)c1C#N. The molecule has 18 heavy (non-hydrogen) atoms. The summed E-state index contributed by atoms with van der Waals surface area (Å²) in [5.41, 5.74) is 7.62. The predicted molar refractivity (Wildman–Crippen MR) is 76.9 cm³/mol. The summed E-state index contributed by atoms with van der Waals surface area (Å²) >= 11 is 1.73. The lowest BCUT2D eigenvalue weighted by Crippen LogP contribution is -2.23. The molecule has 0 aromatic heterocycles. The van der Waals surface area contributed by atoms with Crippen LogP contribution in [0.15, 0.2) is 23.1 Å². The summed E-state index contributed by atoms with van der Waals surface area (Å²) in [5.74, 6) is 1.56. The van der Waals surface area contributed by atoms with Gasteiger partial charge in [-0.15, -0.1) is 11.8 Å². The molecule has 1 saturated heterocycles. The maximum absolute atomic E-state index is 9.39. The Bertz CT molecular complexity index is 453.